The second-order valence-electron chi connectivity index (χ2n) is 3.71. The van der Waals surface area contributed by atoms with Crippen molar-refractivity contribution in [3.8, 4) is 0 Å². The van der Waals surface area contributed by atoms with Crippen molar-refractivity contribution in [3.63, 3.8) is 0 Å². The van der Waals surface area contributed by atoms with Crippen molar-refractivity contribution in [3.05, 3.63) is 34.1 Å². The number of benzene rings is 1. The second-order valence-corrected chi connectivity index (χ2v) is 5.45. The van der Waals surface area contributed by atoms with E-state index in [0.717, 1.165) is 6.07 Å². The fourth-order valence-electron chi connectivity index (χ4n) is 1.15. The number of halogens is 3. The van der Waals surface area contributed by atoms with Crippen LogP contribution in [0.1, 0.15) is 0 Å². The van der Waals surface area contributed by atoms with Crippen LogP contribution in [0.5, 0.6) is 0 Å². The Morgan fingerprint density at radius 1 is 1.40 bits per heavy atom. The minimum absolute atomic E-state index is 0.411. The smallest absolute Gasteiger partial charge is 0.283 e. The summed E-state index contributed by atoms with van der Waals surface area (Å²) in [6.07, 6.45) is 0. The summed E-state index contributed by atoms with van der Waals surface area (Å²) in [6, 6.07) is 1.68. The number of rotatable bonds is 6. The van der Waals surface area contributed by atoms with E-state index in [9.17, 15) is 31.7 Å². The van der Waals surface area contributed by atoms with Gasteiger partial charge in [0.2, 0.25) is 10.0 Å². The first kappa shape index (κ1) is 16.3. The maximum atomic E-state index is 13.4. The van der Waals surface area contributed by atoms with Gasteiger partial charge in [0.1, 0.15) is 17.3 Å². The molecule has 0 heterocycles. The van der Waals surface area contributed by atoms with E-state index in [0.29, 0.717) is 12.1 Å². The SMILES string of the molecule is O=[N+]([O-])c1ccc(F)c(S(=O)(=O)NCC(F)(F)CO)c1. The second kappa shape index (κ2) is 5.73. The molecular formula is C9H9F3N2O5S. The Hall–Kier alpha value is -1.72. The maximum absolute atomic E-state index is 13.4. The van der Waals surface area contributed by atoms with Gasteiger partial charge in [0, 0.05) is 12.1 Å². The molecule has 0 fully saturated rings. The normalized spacial score (nSPS) is 12.4. The fraction of sp³-hybridized carbons (Fsp3) is 0.333. The quantitative estimate of drug-likeness (QED) is 0.591. The number of nitro groups is 1. The van der Waals surface area contributed by atoms with Gasteiger partial charge in [-0.15, -0.1) is 0 Å². The van der Waals surface area contributed by atoms with Gasteiger partial charge in [-0.25, -0.2) is 26.3 Å². The number of hydrogen-bond donors (Lipinski definition) is 2. The number of non-ortho nitro benzene ring substituents is 1. The Morgan fingerprint density at radius 2 is 2.00 bits per heavy atom. The minimum atomic E-state index is -4.71. The van der Waals surface area contributed by atoms with Crippen molar-refractivity contribution >= 4 is 15.7 Å². The molecule has 7 nitrogen and oxygen atoms in total. The van der Waals surface area contributed by atoms with Gasteiger partial charge in [0.05, 0.1) is 11.5 Å². The number of aliphatic hydroxyl groups excluding tert-OH is 1. The third-order valence-corrected chi connectivity index (χ3v) is 3.58. The lowest BCUT2D eigenvalue weighted by molar-refractivity contribution is -0.385. The summed E-state index contributed by atoms with van der Waals surface area (Å²) in [5.41, 5.74) is -0.708. The molecule has 0 aliphatic rings. The van der Waals surface area contributed by atoms with E-state index in [1.807, 2.05) is 0 Å². The molecule has 20 heavy (non-hydrogen) atoms. The summed E-state index contributed by atoms with van der Waals surface area (Å²) in [5.74, 6) is -5.06. The van der Waals surface area contributed by atoms with E-state index in [1.165, 1.54) is 4.72 Å². The summed E-state index contributed by atoms with van der Waals surface area (Å²) >= 11 is 0. The van der Waals surface area contributed by atoms with Crippen LogP contribution in [0.3, 0.4) is 0 Å². The van der Waals surface area contributed by atoms with Crippen LogP contribution in [0.25, 0.3) is 0 Å². The predicted molar refractivity (Wildman–Crippen MR) is 60.3 cm³/mol. The molecule has 0 saturated carbocycles. The van der Waals surface area contributed by atoms with Crippen molar-refractivity contribution < 1.29 is 31.6 Å². The molecule has 0 saturated heterocycles. The molecule has 1 aromatic rings. The van der Waals surface area contributed by atoms with Crippen LogP contribution in [0.2, 0.25) is 0 Å². The molecule has 1 rings (SSSR count). The third kappa shape index (κ3) is 3.88. The molecule has 0 amide bonds. The predicted octanol–water partition coefficient (Wildman–Crippen LogP) is 0.640. The molecule has 112 valence electrons. The molecule has 0 aromatic heterocycles. The number of nitrogens with zero attached hydrogens (tertiary/aromatic N) is 1. The molecule has 0 unspecified atom stereocenters. The van der Waals surface area contributed by atoms with Gasteiger partial charge < -0.3 is 5.11 Å². The lowest BCUT2D eigenvalue weighted by Gasteiger charge is -2.14. The first-order chi connectivity index (χ1) is 9.09. The zero-order chi connectivity index (χ0) is 15.6. The summed E-state index contributed by atoms with van der Waals surface area (Å²) in [7, 11) is -4.71. The van der Waals surface area contributed by atoms with Crippen LogP contribution < -0.4 is 4.72 Å². The van der Waals surface area contributed by atoms with E-state index in [1.54, 1.807) is 0 Å². The van der Waals surface area contributed by atoms with Crippen LogP contribution >= 0.6 is 0 Å². The number of hydrogen-bond acceptors (Lipinski definition) is 5. The number of nitrogens with one attached hydrogen (secondary N) is 1. The maximum Gasteiger partial charge on any atom is 0.283 e. The van der Waals surface area contributed by atoms with Gasteiger partial charge >= 0.3 is 0 Å². The van der Waals surface area contributed by atoms with E-state index in [2.05, 4.69) is 0 Å². The lowest BCUT2D eigenvalue weighted by Crippen LogP contribution is -2.39. The standard InChI is InChI=1S/C9H9F3N2O5S/c10-7-2-1-6(14(16)17)3-8(7)20(18,19)13-4-9(11,12)5-15/h1-3,13,15H,4-5H2. The van der Waals surface area contributed by atoms with Crippen molar-refractivity contribution in [1.82, 2.24) is 4.72 Å². The molecule has 1 aromatic carbocycles. The molecule has 0 aliphatic carbocycles. The zero-order valence-corrected chi connectivity index (χ0v) is 10.5. The van der Waals surface area contributed by atoms with Crippen LogP contribution in [0.4, 0.5) is 18.9 Å². The zero-order valence-electron chi connectivity index (χ0n) is 9.72. The molecule has 0 radical (unpaired) electrons. The summed E-state index contributed by atoms with van der Waals surface area (Å²) < 4.78 is 63.4. The van der Waals surface area contributed by atoms with E-state index in [4.69, 9.17) is 5.11 Å². The molecule has 2 N–H and O–H groups in total. The van der Waals surface area contributed by atoms with E-state index >= 15 is 0 Å². The highest BCUT2D eigenvalue weighted by atomic mass is 32.2. The Balaban J connectivity index is 3.09. The minimum Gasteiger partial charge on any atom is -0.390 e. The highest BCUT2D eigenvalue weighted by Crippen LogP contribution is 2.21. The monoisotopic (exact) mass is 314 g/mol. The van der Waals surface area contributed by atoms with Crippen molar-refractivity contribution in [2.24, 2.45) is 0 Å². The van der Waals surface area contributed by atoms with Gasteiger partial charge in [-0.1, -0.05) is 0 Å². The molecule has 0 spiro atoms. The lowest BCUT2D eigenvalue weighted by atomic mass is 10.3. The Bertz CT molecular complexity index is 620. The Labute approximate surface area is 111 Å². The Morgan fingerprint density at radius 3 is 2.50 bits per heavy atom. The number of alkyl halides is 2. The van der Waals surface area contributed by atoms with Gasteiger partial charge in [-0.2, -0.15) is 0 Å². The average Bonchev–Trinajstić information content (AvgIpc) is 2.37. The van der Waals surface area contributed by atoms with Crippen LogP contribution in [-0.2, 0) is 10.0 Å². The number of nitro benzene ring substituents is 1. The molecule has 0 atom stereocenters. The van der Waals surface area contributed by atoms with Gasteiger partial charge in [-0.3, -0.25) is 10.1 Å². The first-order valence-corrected chi connectivity index (χ1v) is 6.50. The van der Waals surface area contributed by atoms with Crippen molar-refractivity contribution in [1.29, 1.82) is 0 Å². The van der Waals surface area contributed by atoms with Crippen LogP contribution in [-0.4, -0.2) is 37.5 Å². The van der Waals surface area contributed by atoms with Crippen molar-refractivity contribution in [2.45, 2.75) is 10.8 Å². The molecule has 11 heteroatoms. The van der Waals surface area contributed by atoms with E-state index < -0.39 is 50.4 Å². The first-order valence-electron chi connectivity index (χ1n) is 5.01. The highest BCUT2D eigenvalue weighted by molar-refractivity contribution is 7.89. The molecular weight excluding hydrogens is 305 g/mol. The van der Waals surface area contributed by atoms with Gasteiger partial charge in [0.15, 0.2) is 0 Å². The van der Waals surface area contributed by atoms with Crippen LogP contribution in [0.15, 0.2) is 23.1 Å². The van der Waals surface area contributed by atoms with Crippen molar-refractivity contribution in [2.75, 3.05) is 13.2 Å². The highest BCUT2D eigenvalue weighted by Gasteiger charge is 2.31. The average molecular weight is 314 g/mol. The topological polar surface area (TPSA) is 110 Å². The summed E-state index contributed by atoms with van der Waals surface area (Å²) in [4.78, 5) is 8.39. The van der Waals surface area contributed by atoms with Gasteiger partial charge in [0.25, 0.3) is 11.6 Å². The van der Waals surface area contributed by atoms with Crippen LogP contribution in [0, 0.1) is 15.9 Å². The third-order valence-electron chi connectivity index (χ3n) is 2.17. The van der Waals surface area contributed by atoms with Gasteiger partial charge in [-0.05, 0) is 6.07 Å². The molecule has 0 bridgehead atoms. The van der Waals surface area contributed by atoms with E-state index in [-0.39, 0.29) is 0 Å². The largest absolute Gasteiger partial charge is 0.390 e. The Kier molecular flexibility index (Phi) is 4.68. The summed E-state index contributed by atoms with van der Waals surface area (Å²) in [6.45, 7) is -3.07. The molecule has 0 aliphatic heterocycles. The number of sulfonamides is 1. The summed E-state index contributed by atoms with van der Waals surface area (Å²) in [5, 5.41) is 18.8. The fourth-order valence-corrected chi connectivity index (χ4v) is 2.30. The number of aliphatic hydroxyl groups is 1.